The molecule has 0 saturated heterocycles. The van der Waals surface area contributed by atoms with Crippen molar-refractivity contribution in [1.29, 1.82) is 0 Å². The number of ether oxygens (including phenoxy) is 4. The molecule has 3 N–H and O–H groups in total. The van der Waals surface area contributed by atoms with Crippen molar-refractivity contribution >= 4 is 39.5 Å². The Morgan fingerprint density at radius 2 is 0.511 bits per heavy atom. The van der Waals surface area contributed by atoms with Gasteiger partial charge in [0.25, 0.3) is 0 Å². The molecule has 0 aromatic heterocycles. The molecule has 2 unspecified atom stereocenters. The number of aliphatic hydroxyl groups excluding tert-OH is 1. The van der Waals surface area contributed by atoms with Gasteiger partial charge in [-0.2, -0.15) is 0 Å². The quantitative estimate of drug-likeness (QED) is 0.0222. The molecule has 0 aliphatic rings. The van der Waals surface area contributed by atoms with Gasteiger partial charge in [0.1, 0.15) is 19.3 Å². The Bertz CT molecular complexity index is 1740. The van der Waals surface area contributed by atoms with Crippen LogP contribution in [0.5, 0.6) is 0 Å². The predicted octanol–water partition coefficient (Wildman–Crippen LogP) is 20.5. The van der Waals surface area contributed by atoms with Gasteiger partial charge in [-0.1, -0.05) is 317 Å². The summed E-state index contributed by atoms with van der Waals surface area (Å²) in [6.07, 6.45) is 51.6. The van der Waals surface area contributed by atoms with E-state index < -0.39 is 97.5 Å². The van der Waals surface area contributed by atoms with E-state index in [1.54, 1.807) is 0 Å². The monoisotopic (exact) mass is 1320 g/mol. The smallest absolute Gasteiger partial charge is 0.462 e. The van der Waals surface area contributed by atoms with Crippen molar-refractivity contribution in [3.8, 4) is 0 Å². The maximum atomic E-state index is 13.0. The first-order chi connectivity index (χ1) is 43.5. The molecule has 90 heavy (non-hydrogen) atoms. The third kappa shape index (κ3) is 64.8. The number of phosphoric acid groups is 2. The van der Waals surface area contributed by atoms with Gasteiger partial charge in [-0.15, -0.1) is 0 Å². The summed E-state index contributed by atoms with van der Waals surface area (Å²) in [4.78, 5) is 72.3. The fourth-order valence-electron chi connectivity index (χ4n) is 10.8. The van der Waals surface area contributed by atoms with Crippen LogP contribution in [-0.4, -0.2) is 96.7 Å². The van der Waals surface area contributed by atoms with Crippen molar-refractivity contribution in [2.45, 2.75) is 387 Å². The number of aliphatic hydroxyl groups is 1. The summed E-state index contributed by atoms with van der Waals surface area (Å²) in [7, 11) is -9.89. The zero-order chi connectivity index (χ0) is 66.3. The van der Waals surface area contributed by atoms with Crippen LogP contribution in [0.25, 0.3) is 0 Å². The molecule has 17 nitrogen and oxygen atoms in total. The van der Waals surface area contributed by atoms with Gasteiger partial charge in [-0.3, -0.25) is 37.3 Å². The standard InChI is InChI=1S/C71H138O17P2/c1-6-9-12-15-17-19-21-23-24-25-29-33-36-40-45-50-55-69(74)82-61-67(88-71(76)57-52-47-42-38-34-30-27-26-28-31-35-39-44-48-53-64(4)5)63-86-90(79,80)84-59-65(72)58-83-89(77,78)85-62-66(60-81-68(73)54-49-43-14-11-8-3)87-70(75)56-51-46-41-37-32-22-20-18-16-13-10-7-2/h64-67,72H,6-63H2,1-5H3,(H,77,78)(H,79,80)/t65-,66+,67+/m0/s1. The van der Waals surface area contributed by atoms with Gasteiger partial charge in [0, 0.05) is 25.7 Å². The summed E-state index contributed by atoms with van der Waals surface area (Å²) >= 11 is 0. The Balaban J connectivity index is 5.15. The minimum atomic E-state index is -4.95. The molecule has 0 saturated carbocycles. The number of rotatable bonds is 71. The third-order valence-electron chi connectivity index (χ3n) is 16.5. The summed E-state index contributed by atoms with van der Waals surface area (Å²) in [5.74, 6) is -1.34. The molecule has 0 spiro atoms. The lowest BCUT2D eigenvalue weighted by Crippen LogP contribution is -2.30. The molecule has 5 atom stereocenters. The van der Waals surface area contributed by atoms with Crippen LogP contribution in [0.3, 0.4) is 0 Å². The molecule has 0 aliphatic heterocycles. The Labute approximate surface area is 549 Å². The van der Waals surface area contributed by atoms with Crippen molar-refractivity contribution in [3.63, 3.8) is 0 Å². The molecule has 0 aliphatic carbocycles. The van der Waals surface area contributed by atoms with E-state index in [1.165, 1.54) is 186 Å². The molecule has 0 fully saturated rings. The van der Waals surface area contributed by atoms with Crippen LogP contribution in [-0.2, 0) is 65.4 Å². The van der Waals surface area contributed by atoms with E-state index in [1.807, 2.05) is 0 Å². The van der Waals surface area contributed by atoms with Crippen LogP contribution in [0.15, 0.2) is 0 Å². The van der Waals surface area contributed by atoms with E-state index in [4.69, 9.17) is 37.0 Å². The molecule has 19 heteroatoms. The molecule has 0 aromatic rings. The van der Waals surface area contributed by atoms with Gasteiger partial charge in [0.15, 0.2) is 12.2 Å². The number of esters is 4. The Kier molecular flexibility index (Phi) is 63.0. The number of carbonyl (C=O) groups is 4. The highest BCUT2D eigenvalue weighted by atomic mass is 31.2. The highest BCUT2D eigenvalue weighted by molar-refractivity contribution is 7.47. The van der Waals surface area contributed by atoms with Crippen LogP contribution in [0, 0.1) is 5.92 Å². The van der Waals surface area contributed by atoms with E-state index in [2.05, 4.69) is 34.6 Å². The minimum absolute atomic E-state index is 0.107. The summed E-state index contributed by atoms with van der Waals surface area (Å²) in [6.45, 7) is 7.19. The summed E-state index contributed by atoms with van der Waals surface area (Å²) < 4.78 is 68.1. The topological polar surface area (TPSA) is 237 Å². The van der Waals surface area contributed by atoms with Gasteiger partial charge in [0.2, 0.25) is 0 Å². The number of hydrogen-bond acceptors (Lipinski definition) is 15. The van der Waals surface area contributed by atoms with Crippen LogP contribution in [0.2, 0.25) is 0 Å². The zero-order valence-corrected chi connectivity index (χ0v) is 60.1. The summed E-state index contributed by atoms with van der Waals surface area (Å²) in [5, 5.41) is 10.6. The van der Waals surface area contributed by atoms with Crippen molar-refractivity contribution < 1.29 is 80.2 Å². The second kappa shape index (κ2) is 64.4. The average molecular weight is 1330 g/mol. The van der Waals surface area contributed by atoms with Crippen LogP contribution in [0.4, 0.5) is 0 Å². The van der Waals surface area contributed by atoms with Gasteiger partial charge in [-0.25, -0.2) is 9.13 Å². The van der Waals surface area contributed by atoms with E-state index in [9.17, 15) is 43.2 Å². The number of unbranched alkanes of at least 4 members (excludes halogenated alkanes) is 43. The SMILES string of the molecule is CCCCCCCCCCCCCCCCCCC(=O)OC[C@H](COP(=O)(O)OC[C@@H](O)COP(=O)(O)OC[C@@H](COC(=O)CCCCCCC)OC(=O)CCCCCCCCCCCCCC)OC(=O)CCCCCCCCCCCCCCCCC(C)C. The summed E-state index contributed by atoms with van der Waals surface area (Å²) in [6, 6.07) is 0. The largest absolute Gasteiger partial charge is 0.472 e. The maximum absolute atomic E-state index is 13.0. The first kappa shape index (κ1) is 88.1. The van der Waals surface area contributed by atoms with Gasteiger partial charge < -0.3 is 33.8 Å². The normalized spacial score (nSPS) is 14.1. The molecule has 0 heterocycles. The average Bonchev–Trinajstić information content (AvgIpc) is 2.77. The molecule has 0 radical (unpaired) electrons. The molecule has 534 valence electrons. The van der Waals surface area contributed by atoms with E-state index in [-0.39, 0.29) is 25.7 Å². The number of carbonyl (C=O) groups excluding carboxylic acids is 4. The maximum Gasteiger partial charge on any atom is 0.472 e. The molecule has 0 rings (SSSR count). The van der Waals surface area contributed by atoms with Gasteiger partial charge in [0.05, 0.1) is 26.4 Å². The second-order valence-corrected chi connectivity index (χ2v) is 29.0. The Morgan fingerprint density at radius 1 is 0.300 bits per heavy atom. The van der Waals surface area contributed by atoms with Crippen molar-refractivity contribution in [2.24, 2.45) is 5.92 Å². The molecule has 0 bridgehead atoms. The van der Waals surface area contributed by atoms with E-state index >= 15 is 0 Å². The predicted molar refractivity (Wildman–Crippen MR) is 363 cm³/mol. The van der Waals surface area contributed by atoms with Crippen molar-refractivity contribution in [1.82, 2.24) is 0 Å². The lowest BCUT2D eigenvalue weighted by molar-refractivity contribution is -0.161. The molecular weight excluding hydrogens is 1190 g/mol. The minimum Gasteiger partial charge on any atom is -0.462 e. The lowest BCUT2D eigenvalue weighted by Gasteiger charge is -2.21. The van der Waals surface area contributed by atoms with E-state index in [0.717, 1.165) is 102 Å². The number of hydrogen-bond donors (Lipinski definition) is 3. The van der Waals surface area contributed by atoms with E-state index in [0.29, 0.717) is 25.7 Å². The molecular formula is C71H138O17P2. The number of phosphoric ester groups is 2. The molecule has 0 aromatic carbocycles. The first-order valence-corrected chi connectivity index (χ1v) is 40.1. The second-order valence-electron chi connectivity index (χ2n) is 26.1. The van der Waals surface area contributed by atoms with Gasteiger partial charge in [-0.05, 0) is 31.6 Å². The fourth-order valence-corrected chi connectivity index (χ4v) is 12.4. The van der Waals surface area contributed by atoms with Crippen molar-refractivity contribution in [2.75, 3.05) is 39.6 Å². The lowest BCUT2D eigenvalue weighted by atomic mass is 10.0. The Morgan fingerprint density at radius 3 is 0.756 bits per heavy atom. The Hall–Kier alpha value is -1.94. The third-order valence-corrected chi connectivity index (χ3v) is 18.4. The van der Waals surface area contributed by atoms with Crippen molar-refractivity contribution in [3.05, 3.63) is 0 Å². The zero-order valence-electron chi connectivity index (χ0n) is 58.3. The first-order valence-electron chi connectivity index (χ1n) is 37.1. The fraction of sp³-hybridized carbons (Fsp3) is 0.944. The highest BCUT2D eigenvalue weighted by Crippen LogP contribution is 2.45. The van der Waals surface area contributed by atoms with Crippen LogP contribution >= 0.6 is 15.6 Å². The highest BCUT2D eigenvalue weighted by Gasteiger charge is 2.30. The summed E-state index contributed by atoms with van der Waals surface area (Å²) in [5.41, 5.74) is 0. The van der Waals surface area contributed by atoms with Crippen LogP contribution in [0.1, 0.15) is 369 Å². The molecule has 0 amide bonds. The van der Waals surface area contributed by atoms with Crippen LogP contribution < -0.4 is 0 Å². The van der Waals surface area contributed by atoms with Gasteiger partial charge >= 0.3 is 39.5 Å².